The van der Waals surface area contributed by atoms with Gasteiger partial charge in [-0.3, -0.25) is 4.90 Å². The van der Waals surface area contributed by atoms with Crippen LogP contribution in [0.2, 0.25) is 0 Å². The van der Waals surface area contributed by atoms with Gasteiger partial charge in [0.05, 0.1) is 21.9 Å². The van der Waals surface area contributed by atoms with Gasteiger partial charge in [0.2, 0.25) is 31.7 Å². The van der Waals surface area contributed by atoms with E-state index in [9.17, 15) is 16.8 Å². The number of sulfonamides is 2. The normalized spacial score (nSPS) is 20.5. The predicted molar refractivity (Wildman–Crippen MR) is 256 cm³/mol. The van der Waals surface area contributed by atoms with E-state index in [1.807, 2.05) is 12.1 Å². The summed E-state index contributed by atoms with van der Waals surface area (Å²) in [6.45, 7) is 12.4. The third-order valence-electron chi connectivity index (χ3n) is 12.7. The van der Waals surface area contributed by atoms with Gasteiger partial charge in [-0.05, 0) is 118 Å². The molecule has 4 heterocycles. The fraction of sp³-hybridized carbons (Fsp3) is 0.682. The standard InChI is InChI=1S/C22H34N6O2S.C19H28N6O2S.C3H7I/c1-16(2)27-12-11-19(15-27)28-25-22(24-26-28)21-14-20(31(29,30)23-3)10-9-18(21)13-17-7-5-4-6-8-17;1-20-28(26,27)17-8-7-15(11-14-5-3-2-4-6-14)18(12-17)19-22-24-25(23-19)16-9-10-21-13-16;1-3(2)4/h9-10,14,16-17,19,23H,4-8,11-13,15H2,1-3H3;7-8,12,14,16,20-21H,2-6,9-11,13H2,1H3;3H,1-2H3. The monoisotopic (exact) mass is 1020 g/mol. The first-order chi connectivity index (χ1) is 30.2. The Labute approximate surface area is 389 Å². The zero-order valence-corrected chi connectivity index (χ0v) is 41.8. The Hall–Kier alpha value is -2.95. The molecule has 0 amide bonds. The highest BCUT2D eigenvalue weighted by molar-refractivity contribution is 14.1. The van der Waals surface area contributed by atoms with E-state index in [0.29, 0.717) is 29.5 Å². The summed E-state index contributed by atoms with van der Waals surface area (Å²) >= 11 is 2.34. The average molecular weight is 1020 g/mol. The van der Waals surface area contributed by atoms with Crippen molar-refractivity contribution in [1.29, 1.82) is 0 Å². The molecule has 63 heavy (non-hydrogen) atoms. The second-order valence-electron chi connectivity index (χ2n) is 18.0. The Kier molecular flexibility index (Phi) is 18.1. The topological polar surface area (TPSA) is 195 Å². The molecular weight excluding hydrogens is 952 g/mol. The molecule has 4 aliphatic rings. The summed E-state index contributed by atoms with van der Waals surface area (Å²) in [7, 11) is -4.22. The zero-order valence-electron chi connectivity index (χ0n) is 38.0. The highest BCUT2D eigenvalue weighted by Gasteiger charge is 2.29. The van der Waals surface area contributed by atoms with Crippen LogP contribution in [0.4, 0.5) is 0 Å². The highest BCUT2D eigenvalue weighted by atomic mass is 127. The third-order valence-corrected chi connectivity index (χ3v) is 15.6. The summed E-state index contributed by atoms with van der Waals surface area (Å²) in [4.78, 5) is 6.28. The minimum Gasteiger partial charge on any atom is -0.314 e. The Morgan fingerprint density at radius 2 is 1.14 bits per heavy atom. The van der Waals surface area contributed by atoms with Crippen LogP contribution in [0.5, 0.6) is 0 Å². The number of benzene rings is 2. The van der Waals surface area contributed by atoms with E-state index in [1.165, 1.54) is 78.3 Å². The lowest BCUT2D eigenvalue weighted by Crippen LogP contribution is -2.29. The largest absolute Gasteiger partial charge is 0.314 e. The van der Waals surface area contributed by atoms with Crippen molar-refractivity contribution in [2.45, 2.75) is 149 Å². The van der Waals surface area contributed by atoms with Crippen LogP contribution >= 0.6 is 22.6 Å². The smallest absolute Gasteiger partial charge is 0.240 e. The number of nitrogens with zero attached hydrogens (tertiary/aromatic N) is 9. The van der Waals surface area contributed by atoms with Crippen molar-refractivity contribution in [3.05, 3.63) is 47.5 Å². The van der Waals surface area contributed by atoms with Gasteiger partial charge >= 0.3 is 0 Å². The Balaban J connectivity index is 0.000000194. The SMILES string of the molecule is CC(C)I.CNS(=O)(=O)c1ccc(CC2CCCCC2)c(-c2nnn(C3CCN(C(C)C)C3)n2)c1.CNS(=O)(=O)c1ccc(CC2CCCCC2)c(-c2nnn(C3CCNC3)n2)c1. The molecule has 0 bridgehead atoms. The van der Waals surface area contributed by atoms with Gasteiger partial charge < -0.3 is 5.32 Å². The van der Waals surface area contributed by atoms with E-state index in [2.05, 4.69) is 95.7 Å². The first kappa shape index (κ1) is 49.5. The van der Waals surface area contributed by atoms with Crippen LogP contribution < -0.4 is 14.8 Å². The number of aromatic nitrogens is 8. The molecule has 3 N–H and O–H groups in total. The second kappa shape index (κ2) is 23.0. The van der Waals surface area contributed by atoms with Crippen LogP contribution in [0.1, 0.15) is 128 Å². The molecule has 2 aromatic carbocycles. The van der Waals surface area contributed by atoms with Gasteiger partial charge in [0.25, 0.3) is 0 Å². The van der Waals surface area contributed by atoms with E-state index >= 15 is 0 Å². The zero-order chi connectivity index (χ0) is 45.1. The highest BCUT2D eigenvalue weighted by Crippen LogP contribution is 2.34. The molecule has 2 saturated carbocycles. The lowest BCUT2D eigenvalue weighted by atomic mass is 9.84. The van der Waals surface area contributed by atoms with E-state index in [0.717, 1.165) is 78.0 Å². The van der Waals surface area contributed by atoms with E-state index in [4.69, 9.17) is 5.10 Å². The molecule has 2 aliphatic carbocycles. The molecule has 16 nitrogen and oxygen atoms in total. The summed E-state index contributed by atoms with van der Waals surface area (Å²) in [5.41, 5.74) is 3.77. The second-order valence-corrected chi connectivity index (χ2v) is 24.3. The molecule has 4 fully saturated rings. The first-order valence-electron chi connectivity index (χ1n) is 23.0. The van der Waals surface area contributed by atoms with Crippen LogP contribution in [0.15, 0.2) is 46.2 Å². The van der Waals surface area contributed by atoms with Gasteiger partial charge in [0, 0.05) is 40.7 Å². The number of nitrogens with one attached hydrogen (secondary N) is 3. The number of tetrazole rings is 2. The summed E-state index contributed by atoms with van der Waals surface area (Å²) < 4.78 is 55.1. The lowest BCUT2D eigenvalue weighted by molar-refractivity contribution is 0.258. The van der Waals surface area contributed by atoms with E-state index < -0.39 is 20.0 Å². The van der Waals surface area contributed by atoms with Crippen LogP contribution in [0, 0.1) is 11.8 Å². The van der Waals surface area contributed by atoms with Crippen molar-refractivity contribution in [2.24, 2.45) is 11.8 Å². The molecule has 0 radical (unpaired) electrons. The number of alkyl halides is 1. The van der Waals surface area contributed by atoms with Crippen LogP contribution in [-0.2, 0) is 32.9 Å². The van der Waals surface area contributed by atoms with Crippen molar-refractivity contribution in [3.8, 4) is 22.8 Å². The number of halogens is 1. The summed E-state index contributed by atoms with van der Waals surface area (Å²) in [5, 5.41) is 29.8. The van der Waals surface area contributed by atoms with Crippen molar-refractivity contribution in [1.82, 2.24) is 60.1 Å². The molecule has 348 valence electrons. The summed E-state index contributed by atoms with van der Waals surface area (Å²) in [5.74, 6) is 2.28. The van der Waals surface area contributed by atoms with Gasteiger partial charge in [-0.25, -0.2) is 26.3 Å². The van der Waals surface area contributed by atoms with Gasteiger partial charge in [0.15, 0.2) is 0 Å². The molecule has 2 unspecified atom stereocenters. The number of likely N-dealkylation sites (tertiary alicyclic amines) is 1. The Bertz CT molecular complexity index is 2280. The van der Waals surface area contributed by atoms with Crippen LogP contribution in [0.3, 0.4) is 0 Å². The molecule has 2 aromatic heterocycles. The molecule has 2 saturated heterocycles. The quantitative estimate of drug-likeness (QED) is 0.0943. The van der Waals surface area contributed by atoms with E-state index in [-0.39, 0.29) is 21.9 Å². The molecule has 8 rings (SSSR count). The Morgan fingerprint density at radius 1 is 0.683 bits per heavy atom. The molecule has 19 heteroatoms. The van der Waals surface area contributed by atoms with Gasteiger partial charge in [-0.15, -0.1) is 20.4 Å². The van der Waals surface area contributed by atoms with Crippen LogP contribution in [-0.4, -0.2) is 112 Å². The predicted octanol–water partition coefficient (Wildman–Crippen LogP) is 6.76. The third kappa shape index (κ3) is 13.6. The van der Waals surface area contributed by atoms with Crippen molar-refractivity contribution >= 4 is 42.6 Å². The summed E-state index contributed by atoms with van der Waals surface area (Å²) in [6.07, 6.45) is 16.4. The number of rotatable bonds is 13. The molecule has 2 atom stereocenters. The minimum atomic E-state index is -3.54. The maximum Gasteiger partial charge on any atom is 0.240 e. The fourth-order valence-corrected chi connectivity index (χ4v) is 10.6. The minimum absolute atomic E-state index is 0.201. The van der Waals surface area contributed by atoms with Crippen molar-refractivity contribution < 1.29 is 16.8 Å². The van der Waals surface area contributed by atoms with Gasteiger partial charge in [-0.1, -0.05) is 113 Å². The van der Waals surface area contributed by atoms with Gasteiger partial charge in [-0.2, -0.15) is 9.59 Å². The van der Waals surface area contributed by atoms with Crippen molar-refractivity contribution in [2.75, 3.05) is 40.3 Å². The molecular formula is C44H69IN12O4S2. The molecule has 4 aromatic rings. The molecule has 0 spiro atoms. The maximum atomic E-state index is 12.4. The average Bonchev–Trinajstić information content (AvgIpc) is 4.13. The van der Waals surface area contributed by atoms with E-state index in [1.54, 1.807) is 33.9 Å². The first-order valence-corrected chi connectivity index (χ1v) is 27.2. The maximum absolute atomic E-state index is 12.4. The Morgan fingerprint density at radius 3 is 1.54 bits per heavy atom. The number of hydrogen-bond acceptors (Lipinski definition) is 12. The van der Waals surface area contributed by atoms with Gasteiger partial charge in [0.1, 0.15) is 0 Å². The number of hydrogen-bond donors (Lipinski definition) is 3. The summed E-state index contributed by atoms with van der Waals surface area (Å²) in [6, 6.07) is 11.5. The fourth-order valence-electron chi connectivity index (χ4n) is 9.10. The molecule has 2 aliphatic heterocycles. The van der Waals surface area contributed by atoms with Crippen molar-refractivity contribution in [3.63, 3.8) is 0 Å². The van der Waals surface area contributed by atoms with Crippen LogP contribution in [0.25, 0.3) is 22.8 Å². The lowest BCUT2D eigenvalue weighted by Gasteiger charge is -2.22.